The average Bonchev–Trinajstić information content (AvgIpc) is 2.88. The number of aromatic nitrogens is 5. The zero-order chi connectivity index (χ0) is 13.8. The first-order valence-electron chi connectivity index (χ1n) is 5.88. The molecule has 6 nitrogen and oxygen atoms in total. The number of aromatic amines is 1. The second-order valence-corrected chi connectivity index (χ2v) is 4.29. The Morgan fingerprint density at radius 3 is 2.90 bits per heavy atom. The zero-order valence-corrected chi connectivity index (χ0v) is 11.2. The third kappa shape index (κ3) is 2.52. The van der Waals surface area contributed by atoms with Crippen LogP contribution in [0.1, 0.15) is 5.69 Å². The van der Waals surface area contributed by atoms with Gasteiger partial charge in [-0.25, -0.2) is 5.10 Å². The van der Waals surface area contributed by atoms with Crippen molar-refractivity contribution in [1.29, 1.82) is 0 Å². The van der Waals surface area contributed by atoms with Crippen molar-refractivity contribution in [2.75, 3.05) is 0 Å². The highest BCUT2D eigenvalue weighted by Gasteiger charge is 2.07. The first-order valence-corrected chi connectivity index (χ1v) is 6.28. The van der Waals surface area contributed by atoms with Crippen molar-refractivity contribution in [3.8, 4) is 11.4 Å². The minimum Gasteiger partial charge on any atom is -0.264 e. The van der Waals surface area contributed by atoms with Crippen LogP contribution in [0.25, 0.3) is 11.4 Å². The van der Waals surface area contributed by atoms with Crippen molar-refractivity contribution in [1.82, 2.24) is 24.8 Å². The second-order valence-electron chi connectivity index (χ2n) is 3.91. The second kappa shape index (κ2) is 5.54. The molecule has 0 spiro atoms. The van der Waals surface area contributed by atoms with Crippen LogP contribution in [0.5, 0.6) is 0 Å². The molecule has 0 aromatic carbocycles. The highest BCUT2D eigenvalue weighted by Crippen LogP contribution is 2.15. The molecule has 0 fully saturated rings. The molecular weight excluding hydrogens is 272 g/mol. The van der Waals surface area contributed by atoms with E-state index in [1.54, 1.807) is 29.5 Å². The summed E-state index contributed by atoms with van der Waals surface area (Å²) in [5, 5.41) is 11.2. The van der Waals surface area contributed by atoms with E-state index in [0.717, 1.165) is 11.3 Å². The van der Waals surface area contributed by atoms with Crippen molar-refractivity contribution >= 4 is 18.4 Å². The van der Waals surface area contributed by atoms with Gasteiger partial charge in [-0.2, -0.15) is 14.9 Å². The number of hydrogen-bond acceptors (Lipinski definition) is 5. The van der Waals surface area contributed by atoms with E-state index >= 15 is 0 Å². The Morgan fingerprint density at radius 2 is 2.15 bits per heavy atom. The molecule has 3 aromatic heterocycles. The number of rotatable bonds is 3. The van der Waals surface area contributed by atoms with Crippen LogP contribution < -0.4 is 0 Å². The summed E-state index contributed by atoms with van der Waals surface area (Å²) in [6.07, 6.45) is 6.74. The van der Waals surface area contributed by atoms with Crippen LogP contribution in [0, 0.1) is 4.77 Å². The van der Waals surface area contributed by atoms with E-state index in [-0.39, 0.29) is 0 Å². The number of nitrogens with zero attached hydrogens (tertiary/aromatic N) is 5. The first kappa shape index (κ1) is 12.4. The van der Waals surface area contributed by atoms with Gasteiger partial charge in [-0.3, -0.25) is 9.97 Å². The lowest BCUT2D eigenvalue weighted by Gasteiger charge is -1.99. The SMILES string of the molecule is S=c1[nH]nc(-c2cccnc2)n1N=Cc1ccccn1. The van der Waals surface area contributed by atoms with Crippen molar-refractivity contribution in [2.45, 2.75) is 0 Å². The van der Waals surface area contributed by atoms with Crippen LogP contribution in [0.4, 0.5) is 0 Å². The Kier molecular flexibility index (Phi) is 3.42. The van der Waals surface area contributed by atoms with Crippen LogP contribution in [0.3, 0.4) is 0 Å². The molecule has 0 atom stereocenters. The Balaban J connectivity index is 2.01. The van der Waals surface area contributed by atoms with E-state index in [9.17, 15) is 0 Å². The van der Waals surface area contributed by atoms with E-state index in [1.165, 1.54) is 0 Å². The minimum atomic E-state index is 0.413. The van der Waals surface area contributed by atoms with Gasteiger partial charge in [-0.1, -0.05) is 6.07 Å². The summed E-state index contributed by atoms with van der Waals surface area (Å²) in [6, 6.07) is 9.33. The van der Waals surface area contributed by atoms with Crippen LogP contribution in [-0.4, -0.2) is 31.1 Å². The van der Waals surface area contributed by atoms with Gasteiger partial charge >= 0.3 is 0 Å². The monoisotopic (exact) mass is 282 g/mol. The molecule has 3 heterocycles. The molecule has 0 amide bonds. The third-order valence-electron chi connectivity index (χ3n) is 2.56. The van der Waals surface area contributed by atoms with Gasteiger partial charge in [0, 0.05) is 24.2 Å². The Hall–Kier alpha value is -2.67. The van der Waals surface area contributed by atoms with Crippen molar-refractivity contribution in [2.24, 2.45) is 5.10 Å². The lowest BCUT2D eigenvalue weighted by molar-refractivity contribution is 0.870. The Morgan fingerprint density at radius 1 is 1.20 bits per heavy atom. The third-order valence-corrected chi connectivity index (χ3v) is 2.83. The van der Waals surface area contributed by atoms with Crippen LogP contribution >= 0.6 is 12.2 Å². The van der Waals surface area contributed by atoms with Gasteiger partial charge in [0.05, 0.1) is 11.9 Å². The summed E-state index contributed by atoms with van der Waals surface area (Å²) in [7, 11) is 0. The van der Waals surface area contributed by atoms with Gasteiger partial charge in [0.25, 0.3) is 0 Å². The highest BCUT2D eigenvalue weighted by molar-refractivity contribution is 7.71. The minimum absolute atomic E-state index is 0.413. The lowest BCUT2D eigenvalue weighted by atomic mass is 10.3. The van der Waals surface area contributed by atoms with E-state index in [0.29, 0.717) is 10.6 Å². The molecule has 7 heteroatoms. The Bertz CT molecular complexity index is 775. The Labute approximate surface area is 119 Å². The molecule has 0 radical (unpaired) electrons. The summed E-state index contributed by atoms with van der Waals surface area (Å²) >= 11 is 5.18. The van der Waals surface area contributed by atoms with E-state index in [4.69, 9.17) is 12.2 Å². The van der Waals surface area contributed by atoms with Crippen LogP contribution in [0.15, 0.2) is 54.0 Å². The fraction of sp³-hybridized carbons (Fsp3) is 0. The lowest BCUT2D eigenvalue weighted by Crippen LogP contribution is -1.96. The maximum Gasteiger partial charge on any atom is 0.216 e. The molecule has 0 aliphatic heterocycles. The predicted octanol–water partition coefficient (Wildman–Crippen LogP) is 2.28. The van der Waals surface area contributed by atoms with E-state index in [1.807, 2.05) is 30.3 Å². The van der Waals surface area contributed by atoms with Gasteiger partial charge in [0.2, 0.25) is 4.77 Å². The van der Waals surface area contributed by atoms with Crippen LogP contribution in [-0.2, 0) is 0 Å². The smallest absolute Gasteiger partial charge is 0.216 e. The predicted molar refractivity (Wildman–Crippen MR) is 77.9 cm³/mol. The molecule has 1 N–H and O–H groups in total. The topological polar surface area (TPSA) is 71.8 Å². The van der Waals surface area contributed by atoms with Crippen molar-refractivity contribution in [3.63, 3.8) is 0 Å². The van der Waals surface area contributed by atoms with Crippen molar-refractivity contribution < 1.29 is 0 Å². The fourth-order valence-corrected chi connectivity index (χ4v) is 1.83. The first-order chi connectivity index (χ1) is 9.84. The van der Waals surface area contributed by atoms with Crippen molar-refractivity contribution in [3.05, 3.63) is 59.4 Å². The van der Waals surface area contributed by atoms with Gasteiger partial charge in [-0.15, -0.1) is 0 Å². The molecule has 0 bridgehead atoms. The van der Waals surface area contributed by atoms with Crippen LogP contribution in [0.2, 0.25) is 0 Å². The van der Waals surface area contributed by atoms with E-state index < -0.39 is 0 Å². The van der Waals surface area contributed by atoms with Gasteiger partial charge in [-0.05, 0) is 36.5 Å². The summed E-state index contributed by atoms with van der Waals surface area (Å²) in [5.74, 6) is 0.607. The zero-order valence-electron chi connectivity index (χ0n) is 10.3. The van der Waals surface area contributed by atoms with Gasteiger partial charge < -0.3 is 0 Å². The molecule has 0 aliphatic carbocycles. The summed E-state index contributed by atoms with van der Waals surface area (Å²) in [6.45, 7) is 0. The summed E-state index contributed by atoms with van der Waals surface area (Å²) in [5.41, 5.74) is 1.57. The normalized spacial score (nSPS) is 11.0. The summed E-state index contributed by atoms with van der Waals surface area (Å²) < 4.78 is 1.96. The highest BCUT2D eigenvalue weighted by atomic mass is 32.1. The number of H-pyrrole nitrogens is 1. The average molecular weight is 282 g/mol. The maximum absolute atomic E-state index is 5.18. The maximum atomic E-state index is 5.18. The molecule has 0 aliphatic rings. The number of pyridine rings is 2. The molecule has 98 valence electrons. The fourth-order valence-electron chi connectivity index (χ4n) is 1.65. The number of hydrogen-bond donors (Lipinski definition) is 1. The van der Waals surface area contributed by atoms with E-state index in [2.05, 4.69) is 25.3 Å². The molecular formula is C13H10N6S. The molecule has 20 heavy (non-hydrogen) atoms. The quantitative estimate of drug-likeness (QED) is 0.591. The molecule has 0 saturated heterocycles. The summed E-state index contributed by atoms with van der Waals surface area (Å²) in [4.78, 5) is 8.23. The standard InChI is InChI=1S/C13H10N6S/c20-13-18-17-12(10-4-3-6-14-8-10)19(13)16-9-11-5-1-2-7-15-11/h1-9H,(H,18,20). The molecule has 3 aromatic rings. The molecule has 0 unspecified atom stereocenters. The molecule has 3 rings (SSSR count). The van der Waals surface area contributed by atoms with Gasteiger partial charge in [0.15, 0.2) is 5.82 Å². The molecule has 0 saturated carbocycles. The van der Waals surface area contributed by atoms with Gasteiger partial charge in [0.1, 0.15) is 0 Å². The largest absolute Gasteiger partial charge is 0.264 e. The number of nitrogens with one attached hydrogen (secondary N) is 1.